The molecule has 0 radical (unpaired) electrons. The lowest BCUT2D eigenvalue weighted by molar-refractivity contribution is 0.131. The summed E-state index contributed by atoms with van der Waals surface area (Å²) in [5.74, 6) is 1.91. The molecule has 1 heterocycles. The first-order valence-electron chi connectivity index (χ1n) is 8.94. The molecule has 0 aliphatic heterocycles. The van der Waals surface area contributed by atoms with E-state index >= 15 is 0 Å². The quantitative estimate of drug-likeness (QED) is 0.597. The van der Waals surface area contributed by atoms with Crippen LogP contribution in [0.25, 0.3) is 0 Å². The van der Waals surface area contributed by atoms with E-state index in [0.717, 1.165) is 19.0 Å². The molecular formula is C19H32N4. The van der Waals surface area contributed by atoms with Gasteiger partial charge in [0.15, 0.2) is 5.96 Å². The topological polar surface area (TPSA) is 49.3 Å². The fourth-order valence-corrected chi connectivity index (χ4v) is 3.36. The lowest BCUT2D eigenvalue weighted by atomic mass is 9.67. The van der Waals surface area contributed by atoms with Crippen LogP contribution in [0.1, 0.15) is 57.9 Å². The summed E-state index contributed by atoms with van der Waals surface area (Å²) in [6.07, 6.45) is 9.12. The number of hydrogen-bond donors (Lipinski definition) is 2. The summed E-state index contributed by atoms with van der Waals surface area (Å²) in [5, 5.41) is 7.04. The van der Waals surface area contributed by atoms with E-state index < -0.39 is 0 Å². The maximum absolute atomic E-state index is 4.39. The summed E-state index contributed by atoms with van der Waals surface area (Å²) in [7, 11) is 1.85. The zero-order chi connectivity index (χ0) is 16.7. The lowest BCUT2D eigenvalue weighted by Gasteiger charge is -2.41. The van der Waals surface area contributed by atoms with Crippen LogP contribution in [-0.4, -0.2) is 31.1 Å². The minimum atomic E-state index is 0.436. The smallest absolute Gasteiger partial charge is 0.191 e. The van der Waals surface area contributed by atoms with Crippen molar-refractivity contribution in [3.05, 3.63) is 30.1 Å². The second kappa shape index (κ2) is 8.32. The summed E-state index contributed by atoms with van der Waals surface area (Å²) in [6, 6.07) is 4.18. The van der Waals surface area contributed by atoms with Gasteiger partial charge in [0, 0.05) is 38.4 Å². The zero-order valence-corrected chi connectivity index (χ0v) is 15.1. The predicted molar refractivity (Wildman–Crippen MR) is 97.8 cm³/mol. The highest BCUT2D eigenvalue weighted by molar-refractivity contribution is 5.79. The summed E-state index contributed by atoms with van der Waals surface area (Å²) >= 11 is 0. The Morgan fingerprint density at radius 1 is 1.35 bits per heavy atom. The van der Waals surface area contributed by atoms with Gasteiger partial charge in [0.25, 0.3) is 0 Å². The van der Waals surface area contributed by atoms with Gasteiger partial charge in [-0.2, -0.15) is 0 Å². The number of pyridine rings is 1. The van der Waals surface area contributed by atoms with Gasteiger partial charge in [-0.3, -0.25) is 9.98 Å². The molecule has 1 atom stereocenters. The van der Waals surface area contributed by atoms with Crippen LogP contribution >= 0.6 is 0 Å². The number of aromatic nitrogens is 1. The molecule has 1 fully saturated rings. The van der Waals surface area contributed by atoms with Gasteiger partial charge in [0.1, 0.15) is 0 Å². The third-order valence-corrected chi connectivity index (χ3v) is 5.43. The predicted octanol–water partition coefficient (Wildman–Crippen LogP) is 3.57. The molecule has 1 aliphatic rings. The van der Waals surface area contributed by atoms with Crippen LogP contribution in [0.15, 0.2) is 29.5 Å². The number of nitrogens with zero attached hydrogens (tertiary/aromatic N) is 2. The Balaban J connectivity index is 1.88. The molecule has 0 saturated heterocycles. The van der Waals surface area contributed by atoms with E-state index in [9.17, 15) is 0 Å². The van der Waals surface area contributed by atoms with Crippen molar-refractivity contribution in [2.75, 3.05) is 20.1 Å². The maximum atomic E-state index is 4.39. The van der Waals surface area contributed by atoms with Crippen molar-refractivity contribution in [3.63, 3.8) is 0 Å². The van der Waals surface area contributed by atoms with E-state index in [1.165, 1.54) is 31.2 Å². The van der Waals surface area contributed by atoms with E-state index in [4.69, 9.17) is 0 Å². The Kier molecular flexibility index (Phi) is 6.43. The summed E-state index contributed by atoms with van der Waals surface area (Å²) < 4.78 is 0. The molecule has 1 unspecified atom stereocenters. The molecule has 1 aromatic heterocycles. The van der Waals surface area contributed by atoms with E-state index in [2.05, 4.69) is 47.4 Å². The van der Waals surface area contributed by atoms with Gasteiger partial charge >= 0.3 is 0 Å². The molecule has 128 valence electrons. The molecule has 2 N–H and O–H groups in total. The highest BCUT2D eigenvalue weighted by Crippen LogP contribution is 2.42. The number of nitrogens with one attached hydrogen (secondary N) is 2. The van der Waals surface area contributed by atoms with Crippen molar-refractivity contribution in [1.29, 1.82) is 0 Å². The van der Waals surface area contributed by atoms with Crippen molar-refractivity contribution < 1.29 is 0 Å². The summed E-state index contributed by atoms with van der Waals surface area (Å²) in [6.45, 7) is 8.73. The summed E-state index contributed by atoms with van der Waals surface area (Å²) in [5.41, 5.74) is 1.78. The monoisotopic (exact) mass is 316 g/mol. The van der Waals surface area contributed by atoms with Crippen LogP contribution in [0.2, 0.25) is 0 Å². The number of aliphatic imine (C=N–C) groups is 1. The van der Waals surface area contributed by atoms with Crippen molar-refractivity contribution in [2.45, 2.75) is 52.4 Å². The molecule has 1 aromatic rings. The van der Waals surface area contributed by atoms with Crippen LogP contribution in [0.4, 0.5) is 0 Å². The van der Waals surface area contributed by atoms with Crippen molar-refractivity contribution in [1.82, 2.24) is 15.6 Å². The number of guanidine groups is 1. The van der Waals surface area contributed by atoms with E-state index in [-0.39, 0.29) is 0 Å². The second-order valence-corrected chi connectivity index (χ2v) is 7.15. The lowest BCUT2D eigenvalue weighted by Crippen LogP contribution is -2.47. The van der Waals surface area contributed by atoms with E-state index in [0.29, 0.717) is 17.3 Å². The molecule has 4 heteroatoms. The Morgan fingerprint density at radius 2 is 2.13 bits per heavy atom. The molecule has 1 aliphatic carbocycles. The molecule has 23 heavy (non-hydrogen) atoms. The highest BCUT2D eigenvalue weighted by Gasteiger charge is 2.34. The number of hydrogen-bond acceptors (Lipinski definition) is 2. The average molecular weight is 316 g/mol. The minimum absolute atomic E-state index is 0.436. The van der Waals surface area contributed by atoms with Crippen LogP contribution in [-0.2, 0) is 0 Å². The van der Waals surface area contributed by atoms with Gasteiger partial charge in [0.05, 0.1) is 0 Å². The maximum Gasteiger partial charge on any atom is 0.191 e. The molecule has 0 aromatic carbocycles. The van der Waals surface area contributed by atoms with Gasteiger partial charge < -0.3 is 10.6 Å². The molecule has 1 saturated carbocycles. The fraction of sp³-hybridized carbons (Fsp3) is 0.684. The van der Waals surface area contributed by atoms with Crippen molar-refractivity contribution >= 4 is 5.96 Å². The zero-order valence-electron chi connectivity index (χ0n) is 15.1. The van der Waals surface area contributed by atoms with Gasteiger partial charge in [-0.1, -0.05) is 33.3 Å². The fourth-order valence-electron chi connectivity index (χ4n) is 3.36. The van der Waals surface area contributed by atoms with Crippen molar-refractivity contribution in [3.8, 4) is 0 Å². The van der Waals surface area contributed by atoms with Gasteiger partial charge in [-0.15, -0.1) is 0 Å². The largest absolute Gasteiger partial charge is 0.356 e. The van der Waals surface area contributed by atoms with Gasteiger partial charge in [-0.05, 0) is 42.2 Å². The average Bonchev–Trinajstić information content (AvgIpc) is 2.53. The molecule has 0 bridgehead atoms. The van der Waals surface area contributed by atoms with Crippen LogP contribution in [0, 0.1) is 11.3 Å². The van der Waals surface area contributed by atoms with E-state index in [1.54, 1.807) is 0 Å². The van der Waals surface area contributed by atoms with Crippen molar-refractivity contribution in [2.24, 2.45) is 16.3 Å². The minimum Gasteiger partial charge on any atom is -0.356 e. The van der Waals surface area contributed by atoms with Crippen LogP contribution in [0.3, 0.4) is 0 Å². The van der Waals surface area contributed by atoms with Crippen LogP contribution < -0.4 is 10.6 Å². The van der Waals surface area contributed by atoms with Crippen LogP contribution in [0.5, 0.6) is 0 Å². The normalized spacial score (nSPS) is 18.4. The Labute approximate surface area is 141 Å². The molecular weight excluding hydrogens is 284 g/mol. The Bertz CT molecular complexity index is 486. The first kappa shape index (κ1) is 17.8. The SMILES string of the molecule is CCC1(CNC(=NC)NCC(c2cccnc2)C(C)C)CCC1. The second-order valence-electron chi connectivity index (χ2n) is 7.15. The number of rotatable bonds is 7. The first-order valence-corrected chi connectivity index (χ1v) is 8.94. The van der Waals surface area contributed by atoms with E-state index in [1.807, 2.05) is 25.5 Å². The molecule has 2 rings (SSSR count). The first-order chi connectivity index (χ1) is 11.1. The molecule has 4 nitrogen and oxygen atoms in total. The Hall–Kier alpha value is -1.58. The standard InChI is InChI=1S/C19H32N4/c1-5-19(9-7-10-19)14-23-18(20-4)22-13-17(15(2)3)16-8-6-11-21-12-16/h6,8,11-12,15,17H,5,7,9-10,13-14H2,1-4H3,(H2,20,22,23). The third kappa shape index (κ3) is 4.69. The molecule has 0 amide bonds. The molecule has 0 spiro atoms. The highest BCUT2D eigenvalue weighted by atomic mass is 15.2. The Morgan fingerprint density at radius 3 is 2.61 bits per heavy atom. The van der Waals surface area contributed by atoms with Gasteiger partial charge in [0.2, 0.25) is 0 Å². The summed E-state index contributed by atoms with van der Waals surface area (Å²) in [4.78, 5) is 8.65. The van der Waals surface area contributed by atoms with Gasteiger partial charge in [-0.25, -0.2) is 0 Å². The third-order valence-electron chi connectivity index (χ3n) is 5.43.